The molecular weight excluding hydrogens is 270 g/mol. The third kappa shape index (κ3) is 3.01. The van der Waals surface area contributed by atoms with E-state index in [1.54, 1.807) is 0 Å². The lowest BCUT2D eigenvalue weighted by Crippen LogP contribution is -2.42. The van der Waals surface area contributed by atoms with Crippen molar-refractivity contribution in [1.82, 2.24) is 4.90 Å². The largest absolute Gasteiger partial charge is 0.469 e. The van der Waals surface area contributed by atoms with Gasteiger partial charge in [0.2, 0.25) is 0 Å². The van der Waals surface area contributed by atoms with Crippen LogP contribution in [0.1, 0.15) is 18.4 Å². The Balaban J connectivity index is 1.56. The number of methoxy groups -OCH3 is 1. The standard InChI is InChI=1S/C16H21NO2S/c1-19-16(18)13-6-4-8-17(10-13)11-14-9-12-5-2-3-7-15(12)20-14/h2-3,5,7,13-14H,4,6,8-11H2,1H3. The summed E-state index contributed by atoms with van der Waals surface area (Å²) in [4.78, 5) is 15.5. The number of fused-ring (bicyclic) bond motifs is 1. The molecule has 0 spiro atoms. The fourth-order valence-corrected chi connectivity index (χ4v) is 4.59. The van der Waals surface area contributed by atoms with Crippen molar-refractivity contribution in [2.24, 2.45) is 5.92 Å². The van der Waals surface area contributed by atoms with E-state index in [0.29, 0.717) is 5.25 Å². The minimum absolute atomic E-state index is 0.0444. The second-order valence-corrected chi connectivity index (χ2v) is 7.02. The highest BCUT2D eigenvalue weighted by atomic mass is 32.2. The molecule has 1 saturated heterocycles. The Labute approximate surface area is 124 Å². The number of likely N-dealkylation sites (tertiary alicyclic amines) is 1. The molecule has 1 aromatic carbocycles. The molecule has 0 aliphatic carbocycles. The van der Waals surface area contributed by atoms with Crippen LogP contribution in [0.15, 0.2) is 29.2 Å². The van der Waals surface area contributed by atoms with Gasteiger partial charge < -0.3 is 9.64 Å². The number of hydrogen-bond donors (Lipinski definition) is 0. The maximum absolute atomic E-state index is 11.7. The predicted molar refractivity (Wildman–Crippen MR) is 81.0 cm³/mol. The van der Waals surface area contributed by atoms with E-state index in [1.165, 1.54) is 17.6 Å². The average molecular weight is 291 g/mol. The van der Waals surface area contributed by atoms with Gasteiger partial charge in [-0.2, -0.15) is 0 Å². The molecule has 2 atom stereocenters. The molecule has 3 rings (SSSR count). The summed E-state index contributed by atoms with van der Waals surface area (Å²) in [6, 6.07) is 8.68. The van der Waals surface area contributed by atoms with Gasteiger partial charge in [0.05, 0.1) is 13.0 Å². The van der Waals surface area contributed by atoms with Crippen LogP contribution in [0.4, 0.5) is 0 Å². The Morgan fingerprint density at radius 3 is 3.10 bits per heavy atom. The van der Waals surface area contributed by atoms with Gasteiger partial charge in [0, 0.05) is 23.2 Å². The minimum atomic E-state index is -0.0444. The zero-order valence-corrected chi connectivity index (χ0v) is 12.7. The van der Waals surface area contributed by atoms with Crippen LogP contribution in [0.5, 0.6) is 0 Å². The normalized spacial score (nSPS) is 26.2. The number of rotatable bonds is 3. The molecule has 0 bridgehead atoms. The molecule has 1 fully saturated rings. The first-order valence-electron chi connectivity index (χ1n) is 7.31. The lowest BCUT2D eigenvalue weighted by molar-refractivity contribution is -0.147. The fourth-order valence-electron chi connectivity index (χ4n) is 3.22. The van der Waals surface area contributed by atoms with Crippen molar-refractivity contribution in [3.05, 3.63) is 29.8 Å². The summed E-state index contributed by atoms with van der Waals surface area (Å²) >= 11 is 1.99. The molecule has 108 valence electrons. The molecule has 2 heterocycles. The van der Waals surface area contributed by atoms with Gasteiger partial charge in [-0.1, -0.05) is 18.2 Å². The summed E-state index contributed by atoms with van der Waals surface area (Å²) in [7, 11) is 1.49. The number of ether oxygens (including phenoxy) is 1. The Bertz CT molecular complexity index is 466. The molecule has 0 amide bonds. The molecule has 2 aliphatic heterocycles. The summed E-state index contributed by atoms with van der Waals surface area (Å²) in [5.41, 5.74) is 1.48. The van der Waals surface area contributed by atoms with E-state index in [2.05, 4.69) is 29.2 Å². The van der Waals surface area contributed by atoms with E-state index in [1.807, 2.05) is 11.8 Å². The molecule has 2 aliphatic rings. The smallest absolute Gasteiger partial charge is 0.309 e. The minimum Gasteiger partial charge on any atom is -0.469 e. The molecule has 3 nitrogen and oxygen atoms in total. The topological polar surface area (TPSA) is 29.5 Å². The van der Waals surface area contributed by atoms with Gasteiger partial charge >= 0.3 is 5.97 Å². The first kappa shape index (κ1) is 14.0. The summed E-state index contributed by atoms with van der Waals surface area (Å²) in [5, 5.41) is 0.629. The molecule has 2 unspecified atom stereocenters. The van der Waals surface area contributed by atoms with Crippen LogP contribution >= 0.6 is 11.8 Å². The maximum atomic E-state index is 11.7. The number of benzene rings is 1. The molecule has 0 saturated carbocycles. The fraction of sp³-hybridized carbons (Fsp3) is 0.562. The molecule has 0 radical (unpaired) electrons. The van der Waals surface area contributed by atoms with E-state index < -0.39 is 0 Å². The molecular formula is C16H21NO2S. The first-order chi connectivity index (χ1) is 9.76. The van der Waals surface area contributed by atoms with Gasteiger partial charge in [-0.15, -0.1) is 11.8 Å². The molecule has 4 heteroatoms. The Morgan fingerprint density at radius 2 is 2.30 bits per heavy atom. The van der Waals surface area contributed by atoms with Crippen molar-refractivity contribution < 1.29 is 9.53 Å². The number of piperidine rings is 1. The summed E-state index contributed by atoms with van der Waals surface area (Å²) < 4.78 is 4.89. The van der Waals surface area contributed by atoms with Crippen LogP contribution in [0.2, 0.25) is 0 Å². The second-order valence-electron chi connectivity index (χ2n) is 5.67. The maximum Gasteiger partial charge on any atom is 0.309 e. The third-order valence-electron chi connectivity index (χ3n) is 4.22. The number of hydrogen-bond acceptors (Lipinski definition) is 4. The van der Waals surface area contributed by atoms with Gasteiger partial charge in [0.15, 0.2) is 0 Å². The van der Waals surface area contributed by atoms with Crippen molar-refractivity contribution in [1.29, 1.82) is 0 Å². The van der Waals surface area contributed by atoms with Crippen molar-refractivity contribution >= 4 is 17.7 Å². The molecule has 20 heavy (non-hydrogen) atoms. The van der Waals surface area contributed by atoms with Gasteiger partial charge in [-0.25, -0.2) is 0 Å². The lowest BCUT2D eigenvalue weighted by Gasteiger charge is -2.32. The van der Waals surface area contributed by atoms with E-state index in [-0.39, 0.29) is 11.9 Å². The number of carbonyl (C=O) groups is 1. The summed E-state index contributed by atoms with van der Waals surface area (Å²) in [6.45, 7) is 3.05. The SMILES string of the molecule is COC(=O)C1CCCN(CC2Cc3ccccc3S2)C1. The number of carbonyl (C=O) groups excluding carboxylic acids is 1. The monoisotopic (exact) mass is 291 g/mol. The van der Waals surface area contributed by atoms with Gasteiger partial charge in [0.1, 0.15) is 0 Å². The highest BCUT2D eigenvalue weighted by Gasteiger charge is 2.29. The van der Waals surface area contributed by atoms with Crippen LogP contribution in [0, 0.1) is 5.92 Å². The predicted octanol–water partition coefficient (Wildman–Crippen LogP) is 2.59. The Hall–Kier alpha value is -1.00. The van der Waals surface area contributed by atoms with Crippen molar-refractivity contribution in [2.45, 2.75) is 29.4 Å². The van der Waals surface area contributed by atoms with Gasteiger partial charge in [0.25, 0.3) is 0 Å². The summed E-state index contributed by atoms with van der Waals surface area (Å²) in [6.07, 6.45) is 3.23. The van der Waals surface area contributed by atoms with Crippen molar-refractivity contribution in [3.8, 4) is 0 Å². The van der Waals surface area contributed by atoms with Crippen LogP contribution in [0.25, 0.3) is 0 Å². The zero-order chi connectivity index (χ0) is 13.9. The van der Waals surface area contributed by atoms with E-state index >= 15 is 0 Å². The van der Waals surface area contributed by atoms with Crippen LogP contribution in [0.3, 0.4) is 0 Å². The summed E-state index contributed by atoms with van der Waals surface area (Å²) in [5.74, 6) is 0.0274. The van der Waals surface area contributed by atoms with Gasteiger partial charge in [-0.05, 0) is 37.4 Å². The Kier molecular flexibility index (Phi) is 4.32. The highest BCUT2D eigenvalue weighted by molar-refractivity contribution is 8.00. The van der Waals surface area contributed by atoms with Crippen molar-refractivity contribution in [2.75, 3.05) is 26.7 Å². The van der Waals surface area contributed by atoms with Crippen LogP contribution < -0.4 is 0 Å². The molecule has 0 N–H and O–H groups in total. The van der Waals surface area contributed by atoms with Crippen LogP contribution in [-0.2, 0) is 16.0 Å². The first-order valence-corrected chi connectivity index (χ1v) is 8.19. The van der Waals surface area contributed by atoms with Gasteiger partial charge in [-0.3, -0.25) is 4.79 Å². The molecule has 0 aromatic heterocycles. The lowest BCUT2D eigenvalue weighted by atomic mass is 9.98. The number of esters is 1. The van der Waals surface area contributed by atoms with E-state index in [9.17, 15) is 4.79 Å². The van der Waals surface area contributed by atoms with E-state index in [4.69, 9.17) is 4.74 Å². The zero-order valence-electron chi connectivity index (χ0n) is 11.9. The average Bonchev–Trinajstić information content (AvgIpc) is 2.88. The second kappa shape index (κ2) is 6.19. The number of thioether (sulfide) groups is 1. The quantitative estimate of drug-likeness (QED) is 0.801. The number of nitrogens with zero attached hydrogens (tertiary/aromatic N) is 1. The van der Waals surface area contributed by atoms with Crippen molar-refractivity contribution in [3.63, 3.8) is 0 Å². The third-order valence-corrected chi connectivity index (χ3v) is 5.52. The van der Waals surface area contributed by atoms with Crippen LogP contribution in [-0.4, -0.2) is 42.9 Å². The Morgan fingerprint density at radius 1 is 1.45 bits per heavy atom. The van der Waals surface area contributed by atoms with E-state index in [0.717, 1.165) is 38.9 Å². The molecule has 1 aromatic rings. The highest BCUT2D eigenvalue weighted by Crippen LogP contribution is 2.37.